The number of likely N-dealkylation sites (N-methyl/N-ethyl adjacent to an activating group) is 1. The van der Waals surface area contributed by atoms with Crippen molar-refractivity contribution < 1.29 is 39.9 Å². The zero-order valence-corrected chi connectivity index (χ0v) is 18.4. The monoisotopic (exact) mass is 531 g/mol. The molecule has 0 aromatic heterocycles. The molecule has 1 fully saturated rings. The Kier molecular flexibility index (Phi) is 11.5. The van der Waals surface area contributed by atoms with Gasteiger partial charge in [-0.15, -0.1) is 0 Å². The minimum Gasteiger partial charge on any atom is -0.394 e. The van der Waals surface area contributed by atoms with E-state index < -0.39 is 36.9 Å². The average Bonchev–Trinajstić information content (AvgIpc) is 3.04. The van der Waals surface area contributed by atoms with E-state index in [1.54, 1.807) is 22.6 Å². The second kappa shape index (κ2) is 12.7. The molecule has 11 nitrogen and oxygen atoms in total. The molecule has 0 bridgehead atoms. The molecule has 0 saturated carbocycles. The Morgan fingerprint density at radius 2 is 1.66 bits per heavy atom. The highest BCUT2D eigenvalue weighted by atomic mass is 127. The van der Waals surface area contributed by atoms with Crippen molar-refractivity contribution in [3.63, 3.8) is 0 Å². The van der Waals surface area contributed by atoms with E-state index in [2.05, 4.69) is 10.6 Å². The van der Waals surface area contributed by atoms with Crippen LogP contribution in [0.2, 0.25) is 0 Å². The molecule has 1 aliphatic rings. The van der Waals surface area contributed by atoms with Crippen LogP contribution >= 0.6 is 22.6 Å². The summed E-state index contributed by atoms with van der Waals surface area (Å²) in [6.45, 7) is -0.560. The van der Waals surface area contributed by atoms with E-state index in [1.807, 2.05) is 11.9 Å². The summed E-state index contributed by atoms with van der Waals surface area (Å²) in [5.74, 6) is -0.660. The first-order valence-electron chi connectivity index (χ1n) is 9.35. The molecule has 6 atom stereocenters. The van der Waals surface area contributed by atoms with Gasteiger partial charge in [-0.1, -0.05) is 0 Å². The number of carbonyl (C=O) groups excluding carboxylic acids is 3. The van der Waals surface area contributed by atoms with E-state index in [1.165, 1.54) is 0 Å². The Morgan fingerprint density at radius 1 is 1.07 bits per heavy atom. The Bertz CT molecular complexity index is 567. The van der Waals surface area contributed by atoms with Gasteiger partial charge in [-0.05, 0) is 19.9 Å². The molecule has 1 rings (SSSR count). The van der Waals surface area contributed by atoms with Crippen LogP contribution < -0.4 is 10.6 Å². The quantitative estimate of drug-likeness (QED) is 0.101. The van der Waals surface area contributed by atoms with Gasteiger partial charge in [0.2, 0.25) is 15.6 Å². The Morgan fingerprint density at radius 3 is 2.21 bits per heavy atom. The molecule has 1 saturated heterocycles. The lowest BCUT2D eigenvalue weighted by Crippen LogP contribution is -2.49. The fraction of sp³-hybridized carbons (Fsp3) is 0.824. The van der Waals surface area contributed by atoms with Crippen LogP contribution in [0.15, 0.2) is 0 Å². The van der Waals surface area contributed by atoms with E-state index in [9.17, 15) is 34.8 Å². The molecule has 29 heavy (non-hydrogen) atoms. The minimum atomic E-state index is -1.76. The van der Waals surface area contributed by atoms with Crippen molar-refractivity contribution in [3.05, 3.63) is 0 Å². The van der Waals surface area contributed by atoms with Gasteiger partial charge in [-0.2, -0.15) is 0 Å². The summed E-state index contributed by atoms with van der Waals surface area (Å²) in [4.78, 5) is 37.2. The number of hydrogen-bond donors (Lipinski definition) is 7. The van der Waals surface area contributed by atoms with Gasteiger partial charge in [0.25, 0.3) is 0 Å². The smallest absolute Gasteiger partial charge is 0.220 e. The Hall–Kier alpha value is -0.900. The topological polar surface area (TPSA) is 180 Å². The van der Waals surface area contributed by atoms with Gasteiger partial charge in [-0.3, -0.25) is 19.3 Å². The third kappa shape index (κ3) is 8.78. The van der Waals surface area contributed by atoms with Gasteiger partial charge in [0.15, 0.2) is 0 Å². The molecule has 1 aliphatic heterocycles. The second-order valence-corrected chi connectivity index (χ2v) is 8.28. The molecule has 0 unspecified atom stereocenters. The molecular formula is C17H30IN3O8. The van der Waals surface area contributed by atoms with E-state index in [4.69, 9.17) is 5.11 Å². The highest BCUT2D eigenvalue weighted by Gasteiger charge is 2.34. The zero-order valence-electron chi connectivity index (χ0n) is 16.2. The van der Waals surface area contributed by atoms with Crippen LogP contribution in [0.1, 0.15) is 25.7 Å². The zero-order chi connectivity index (χ0) is 22.1. The van der Waals surface area contributed by atoms with Gasteiger partial charge >= 0.3 is 0 Å². The number of aliphatic hydroxyl groups excluding tert-OH is 5. The fourth-order valence-electron chi connectivity index (χ4n) is 3.07. The number of nitrogens with one attached hydrogen (secondary N) is 2. The summed E-state index contributed by atoms with van der Waals surface area (Å²) in [7, 11) is 1.83. The Balaban J connectivity index is 2.23. The van der Waals surface area contributed by atoms with Crippen LogP contribution in [0.3, 0.4) is 0 Å². The summed E-state index contributed by atoms with van der Waals surface area (Å²) in [5, 5.41) is 52.0. The standard InChI is InChI=1S/C17H30IN3O8/c1-21-7-9(5-10(21)17(18)29)20-14(26)4-2-3-13(25)19-6-11(23)15(27)16(28)12(24)8-22/h9-12,15-16,22-24,27-28H,2-8H2,1H3,(H,19,25)(H,20,26)/t9-,10+,11+,12-,15-,16-/m1/s1. The summed E-state index contributed by atoms with van der Waals surface area (Å²) < 4.78 is 0.0317. The summed E-state index contributed by atoms with van der Waals surface area (Å²) >= 11 is 1.75. The third-order valence-electron chi connectivity index (χ3n) is 4.82. The summed E-state index contributed by atoms with van der Waals surface area (Å²) in [6.07, 6.45) is -5.66. The summed E-state index contributed by atoms with van der Waals surface area (Å²) in [6, 6.07) is -0.312. The number of carbonyl (C=O) groups is 3. The molecule has 12 heteroatoms. The van der Waals surface area contributed by atoms with Gasteiger partial charge in [0.05, 0.1) is 18.8 Å². The van der Waals surface area contributed by atoms with E-state index >= 15 is 0 Å². The van der Waals surface area contributed by atoms with Gasteiger partial charge in [0, 0.05) is 54.6 Å². The number of rotatable bonds is 12. The first kappa shape index (κ1) is 26.1. The summed E-state index contributed by atoms with van der Waals surface area (Å²) in [5.41, 5.74) is 0. The number of likely N-dealkylation sites (tertiary alicyclic amines) is 1. The van der Waals surface area contributed by atoms with E-state index in [0.29, 0.717) is 13.0 Å². The molecular weight excluding hydrogens is 501 g/mol. The average molecular weight is 531 g/mol. The maximum absolute atomic E-state index is 12.0. The van der Waals surface area contributed by atoms with Crippen molar-refractivity contribution >= 4 is 38.2 Å². The van der Waals surface area contributed by atoms with Crippen molar-refractivity contribution in [2.75, 3.05) is 26.7 Å². The van der Waals surface area contributed by atoms with Crippen molar-refractivity contribution in [1.82, 2.24) is 15.5 Å². The number of halogens is 1. The first-order chi connectivity index (χ1) is 13.6. The van der Waals surface area contributed by atoms with E-state index in [0.717, 1.165) is 0 Å². The van der Waals surface area contributed by atoms with Crippen LogP contribution in [0, 0.1) is 0 Å². The number of nitrogens with zero attached hydrogens (tertiary/aromatic N) is 1. The Labute approximate surface area is 182 Å². The van der Waals surface area contributed by atoms with E-state index in [-0.39, 0.29) is 47.6 Å². The van der Waals surface area contributed by atoms with Crippen molar-refractivity contribution in [3.8, 4) is 0 Å². The van der Waals surface area contributed by atoms with Crippen molar-refractivity contribution in [2.45, 2.75) is 62.2 Å². The maximum atomic E-state index is 12.0. The lowest BCUT2D eigenvalue weighted by Gasteiger charge is -2.25. The van der Waals surface area contributed by atoms with Crippen molar-refractivity contribution in [2.24, 2.45) is 0 Å². The third-order valence-corrected chi connectivity index (χ3v) is 5.54. The molecule has 1 heterocycles. The van der Waals surface area contributed by atoms with Gasteiger partial charge in [0.1, 0.15) is 18.3 Å². The molecule has 0 spiro atoms. The van der Waals surface area contributed by atoms with Gasteiger partial charge in [-0.25, -0.2) is 0 Å². The predicted octanol–water partition coefficient (Wildman–Crippen LogP) is -3.14. The number of amides is 2. The predicted molar refractivity (Wildman–Crippen MR) is 110 cm³/mol. The molecule has 0 radical (unpaired) electrons. The lowest BCUT2D eigenvalue weighted by atomic mass is 10.0. The van der Waals surface area contributed by atoms with Crippen LogP contribution in [0.5, 0.6) is 0 Å². The largest absolute Gasteiger partial charge is 0.394 e. The van der Waals surface area contributed by atoms with Crippen molar-refractivity contribution in [1.29, 1.82) is 0 Å². The first-order valence-corrected chi connectivity index (χ1v) is 10.4. The normalized spacial score (nSPS) is 23.8. The van der Waals surface area contributed by atoms with Gasteiger partial charge < -0.3 is 36.2 Å². The highest BCUT2D eigenvalue weighted by molar-refractivity contribution is 14.1. The lowest BCUT2D eigenvalue weighted by molar-refractivity contribution is -0.126. The van der Waals surface area contributed by atoms with Crippen LogP contribution in [0.4, 0.5) is 0 Å². The highest BCUT2D eigenvalue weighted by Crippen LogP contribution is 2.19. The van der Waals surface area contributed by atoms with Crippen LogP contribution in [-0.4, -0.2) is 109 Å². The fourth-order valence-corrected chi connectivity index (χ4v) is 3.80. The molecule has 7 N–H and O–H groups in total. The molecule has 0 aliphatic carbocycles. The minimum absolute atomic E-state index is 0.0253. The van der Waals surface area contributed by atoms with Crippen LogP contribution in [0.25, 0.3) is 0 Å². The number of aliphatic hydroxyl groups is 5. The molecule has 168 valence electrons. The number of hydrogen-bond acceptors (Lipinski definition) is 9. The molecule has 2 amide bonds. The van der Waals surface area contributed by atoms with Crippen LogP contribution in [-0.2, 0) is 14.4 Å². The SMILES string of the molecule is CN1C[C@H](NC(=O)CCCC(=O)NC[C@H](O)[C@@H](O)[C@H](O)[C@H](O)CO)C[C@H]1C(=O)I. The second-order valence-electron chi connectivity index (χ2n) is 7.22. The molecule has 0 aromatic carbocycles. The molecule has 0 aromatic rings. The maximum Gasteiger partial charge on any atom is 0.220 e.